The van der Waals surface area contributed by atoms with Gasteiger partial charge >= 0.3 is 0 Å². The Labute approximate surface area is 124 Å². The third kappa shape index (κ3) is 2.54. The van der Waals surface area contributed by atoms with Crippen LogP contribution in [0.3, 0.4) is 0 Å². The predicted molar refractivity (Wildman–Crippen MR) is 68.4 cm³/mol. The van der Waals surface area contributed by atoms with E-state index in [0.29, 0.717) is 0 Å². The molecule has 1 unspecified atom stereocenters. The molecule has 0 aliphatic carbocycles. The minimum absolute atomic E-state index is 0. The quantitative estimate of drug-likeness (QED) is 0.670. The Morgan fingerprint density at radius 2 is 1.89 bits per heavy atom. The van der Waals surface area contributed by atoms with Gasteiger partial charge in [-0.2, -0.15) is 0 Å². The van der Waals surface area contributed by atoms with Crippen LogP contribution >= 0.6 is 0 Å². The molecule has 104 valence electrons. The van der Waals surface area contributed by atoms with Crippen molar-refractivity contribution < 1.29 is 26.3 Å². The van der Waals surface area contributed by atoms with Crippen molar-refractivity contribution in [3.05, 3.63) is 30.1 Å². The fourth-order valence-corrected chi connectivity index (χ4v) is 3.71. The highest BCUT2D eigenvalue weighted by molar-refractivity contribution is 5.79. The van der Waals surface area contributed by atoms with Crippen LogP contribution in [0.4, 0.5) is 0 Å². The van der Waals surface area contributed by atoms with Gasteiger partial charge < -0.3 is 27.2 Å². The van der Waals surface area contributed by atoms with Gasteiger partial charge in [0.2, 0.25) is 6.04 Å². The van der Waals surface area contributed by atoms with E-state index in [2.05, 4.69) is 4.98 Å². The van der Waals surface area contributed by atoms with Gasteiger partial charge in [-0.25, -0.2) is 0 Å². The number of quaternary nitrogens is 1. The molecule has 1 aromatic rings. The first-order chi connectivity index (χ1) is 8.71. The molecule has 1 atom stereocenters. The average Bonchev–Trinajstić information content (AvgIpc) is 2.41. The lowest BCUT2D eigenvalue weighted by molar-refractivity contribution is -0.962. The number of nitrogens with two attached hydrogens (primary N) is 1. The predicted octanol–water partition coefficient (Wildman–Crippen LogP) is -1.76. The Kier molecular flexibility index (Phi) is 4.26. The Morgan fingerprint density at radius 3 is 2.37 bits per heavy atom. The van der Waals surface area contributed by atoms with Crippen LogP contribution in [0.1, 0.15) is 31.0 Å². The highest BCUT2D eigenvalue weighted by atomic mass is 79.9. The summed E-state index contributed by atoms with van der Waals surface area (Å²) in [5, 5.41) is 0. The first-order valence-corrected chi connectivity index (χ1v) is 6.77. The van der Waals surface area contributed by atoms with Gasteiger partial charge in [0.05, 0.1) is 19.6 Å². The first kappa shape index (κ1) is 14.5. The van der Waals surface area contributed by atoms with Gasteiger partial charge in [-0.05, 0) is 37.3 Å². The number of hydrogen-bond acceptors (Lipinski definition) is 2. The Balaban J connectivity index is 0.00000133. The van der Waals surface area contributed by atoms with E-state index in [0.717, 1.165) is 35.7 Å². The molecule has 4 rings (SSSR count). The number of halogens is 1. The standard InChI is InChI=1S/C14H19N3O.BrH/c15-14(18)13(12-3-1-2-7-16-12)17-8-4-11(5-9-17)6-10-17;/h1-3,7,11,13H,4-6,8-10H2,(H-,15,18);1H. The van der Waals surface area contributed by atoms with E-state index in [1.807, 2.05) is 18.2 Å². The van der Waals surface area contributed by atoms with Crippen molar-refractivity contribution in [3.8, 4) is 0 Å². The third-order valence-electron chi connectivity index (χ3n) is 4.73. The van der Waals surface area contributed by atoms with Crippen molar-refractivity contribution in [2.24, 2.45) is 11.7 Å². The SMILES string of the molecule is NC(=O)C(c1ccccn1)[N+]12CCC(CC1)CC2.[Br-]. The van der Waals surface area contributed by atoms with Crippen LogP contribution in [0.15, 0.2) is 24.4 Å². The lowest BCUT2D eigenvalue weighted by Gasteiger charge is -2.52. The van der Waals surface area contributed by atoms with E-state index in [4.69, 9.17) is 5.73 Å². The molecular formula is C14H20BrN3O. The van der Waals surface area contributed by atoms with Gasteiger partial charge in [0.25, 0.3) is 5.91 Å². The van der Waals surface area contributed by atoms with Crippen molar-refractivity contribution >= 4 is 5.91 Å². The normalized spacial score (nSPS) is 30.4. The maximum atomic E-state index is 11.9. The molecule has 0 spiro atoms. The zero-order valence-corrected chi connectivity index (χ0v) is 12.6. The van der Waals surface area contributed by atoms with Gasteiger partial charge in [-0.15, -0.1) is 0 Å². The molecule has 3 aliphatic rings. The molecule has 19 heavy (non-hydrogen) atoms. The molecule has 0 aromatic carbocycles. The van der Waals surface area contributed by atoms with Crippen LogP contribution in [0.25, 0.3) is 0 Å². The van der Waals surface area contributed by atoms with Crippen molar-refractivity contribution in [2.45, 2.75) is 25.3 Å². The van der Waals surface area contributed by atoms with E-state index >= 15 is 0 Å². The summed E-state index contributed by atoms with van der Waals surface area (Å²) in [6.07, 6.45) is 5.45. The monoisotopic (exact) mass is 325 g/mol. The summed E-state index contributed by atoms with van der Waals surface area (Å²) in [5.41, 5.74) is 6.52. The van der Waals surface area contributed by atoms with E-state index in [9.17, 15) is 4.79 Å². The van der Waals surface area contributed by atoms with E-state index in [1.54, 1.807) is 6.20 Å². The zero-order chi connectivity index (χ0) is 12.6. The second-order valence-corrected chi connectivity index (χ2v) is 5.68. The molecule has 2 N–H and O–H groups in total. The Hall–Kier alpha value is -0.940. The minimum Gasteiger partial charge on any atom is -1.00 e. The number of hydrogen-bond donors (Lipinski definition) is 1. The number of rotatable bonds is 3. The van der Waals surface area contributed by atoms with Crippen molar-refractivity contribution in [2.75, 3.05) is 19.6 Å². The maximum Gasteiger partial charge on any atom is 0.282 e. The van der Waals surface area contributed by atoms with Crippen molar-refractivity contribution in [3.63, 3.8) is 0 Å². The summed E-state index contributed by atoms with van der Waals surface area (Å²) in [7, 11) is 0. The summed E-state index contributed by atoms with van der Waals surface area (Å²) in [6.45, 7) is 3.23. The molecule has 3 fully saturated rings. The fraction of sp³-hybridized carbons (Fsp3) is 0.571. The van der Waals surface area contributed by atoms with Gasteiger partial charge in [0, 0.05) is 6.20 Å². The van der Waals surface area contributed by atoms with Crippen LogP contribution in [0.2, 0.25) is 0 Å². The molecule has 2 bridgehead atoms. The number of amides is 1. The largest absolute Gasteiger partial charge is 1.00 e. The number of aromatic nitrogens is 1. The summed E-state index contributed by atoms with van der Waals surface area (Å²) in [6, 6.07) is 5.49. The Bertz CT molecular complexity index is 429. The highest BCUT2D eigenvalue weighted by Crippen LogP contribution is 2.40. The Morgan fingerprint density at radius 1 is 1.26 bits per heavy atom. The summed E-state index contributed by atoms with van der Waals surface area (Å²) < 4.78 is 0.836. The molecule has 3 saturated heterocycles. The fourth-order valence-electron chi connectivity index (χ4n) is 3.71. The molecule has 5 heteroatoms. The second-order valence-electron chi connectivity index (χ2n) is 5.68. The van der Waals surface area contributed by atoms with Gasteiger partial charge in [-0.3, -0.25) is 9.78 Å². The smallest absolute Gasteiger partial charge is 0.282 e. The van der Waals surface area contributed by atoms with Crippen molar-refractivity contribution in [1.82, 2.24) is 4.98 Å². The lowest BCUT2D eigenvalue weighted by atomic mass is 9.83. The molecule has 4 nitrogen and oxygen atoms in total. The number of carbonyl (C=O) groups is 1. The number of pyridine rings is 1. The topological polar surface area (TPSA) is 56.0 Å². The third-order valence-corrected chi connectivity index (χ3v) is 4.73. The molecular weight excluding hydrogens is 306 g/mol. The molecule has 0 saturated carbocycles. The summed E-state index contributed by atoms with van der Waals surface area (Å²) in [5.74, 6) is 0.649. The summed E-state index contributed by atoms with van der Waals surface area (Å²) in [4.78, 5) is 16.3. The van der Waals surface area contributed by atoms with Crippen LogP contribution in [0.5, 0.6) is 0 Å². The average molecular weight is 326 g/mol. The lowest BCUT2D eigenvalue weighted by Crippen LogP contribution is -3.00. The molecule has 1 aromatic heterocycles. The second kappa shape index (κ2) is 5.59. The van der Waals surface area contributed by atoms with Gasteiger partial charge in [-0.1, -0.05) is 6.07 Å². The highest BCUT2D eigenvalue weighted by Gasteiger charge is 2.48. The van der Waals surface area contributed by atoms with E-state index in [-0.39, 0.29) is 28.9 Å². The van der Waals surface area contributed by atoms with Gasteiger partial charge in [0.15, 0.2) is 0 Å². The van der Waals surface area contributed by atoms with E-state index in [1.165, 1.54) is 19.3 Å². The maximum absolute atomic E-state index is 11.9. The molecule has 4 heterocycles. The van der Waals surface area contributed by atoms with Gasteiger partial charge in [0.1, 0.15) is 5.69 Å². The first-order valence-electron chi connectivity index (χ1n) is 6.77. The number of fused-ring (bicyclic) bond motifs is 3. The molecule has 1 amide bonds. The van der Waals surface area contributed by atoms with Crippen LogP contribution in [-0.4, -0.2) is 35.0 Å². The van der Waals surface area contributed by atoms with Crippen molar-refractivity contribution in [1.29, 1.82) is 0 Å². The van der Waals surface area contributed by atoms with Crippen LogP contribution in [0, 0.1) is 5.92 Å². The molecule has 0 radical (unpaired) electrons. The summed E-state index contributed by atoms with van der Waals surface area (Å²) >= 11 is 0. The zero-order valence-electron chi connectivity index (χ0n) is 11.0. The van der Waals surface area contributed by atoms with E-state index < -0.39 is 0 Å². The number of nitrogens with zero attached hydrogens (tertiary/aromatic N) is 2. The number of primary amides is 1. The minimum atomic E-state index is -0.257. The number of piperidine rings is 3. The van der Waals surface area contributed by atoms with Crippen LogP contribution in [-0.2, 0) is 4.79 Å². The molecule has 3 aliphatic heterocycles. The number of carbonyl (C=O) groups excluding carboxylic acids is 1. The van der Waals surface area contributed by atoms with Crippen LogP contribution < -0.4 is 22.7 Å².